The molecule has 0 saturated heterocycles. The van der Waals surface area contributed by atoms with Gasteiger partial charge in [-0.15, -0.1) is 35.9 Å². The largest absolute Gasteiger partial charge is 0.296 e. The van der Waals surface area contributed by atoms with Crippen LogP contribution in [0.1, 0.15) is 0 Å². The third-order valence-electron chi connectivity index (χ3n) is 6.67. The van der Waals surface area contributed by atoms with Gasteiger partial charge in [-0.1, -0.05) is 66.7 Å². The minimum Gasteiger partial charge on any atom is -0.296 e. The van der Waals surface area contributed by atoms with Crippen molar-refractivity contribution in [1.29, 1.82) is 0 Å². The van der Waals surface area contributed by atoms with Gasteiger partial charge in [-0.25, -0.2) is 0 Å². The second-order valence-corrected chi connectivity index (χ2v) is 8.79. The molecule has 0 fully saturated rings. The number of rotatable bonds is 1. The molecule has 4 heteroatoms. The van der Waals surface area contributed by atoms with Gasteiger partial charge in [0.25, 0.3) is 0 Å². The summed E-state index contributed by atoms with van der Waals surface area (Å²) in [5.41, 5.74) is 10.2. The van der Waals surface area contributed by atoms with Gasteiger partial charge in [-0.2, -0.15) is 0 Å². The maximum absolute atomic E-state index is 4.86. The zero-order valence-electron chi connectivity index (χ0n) is 19.7. The van der Waals surface area contributed by atoms with Gasteiger partial charge in [0.1, 0.15) is 0 Å². The molecule has 8 rings (SSSR count). The number of pyridine rings is 3. The van der Waals surface area contributed by atoms with Gasteiger partial charge in [0, 0.05) is 49.6 Å². The molecule has 0 aliphatic heterocycles. The Bertz CT molecular complexity index is 1840. The maximum Gasteiger partial charge on any atom is 0.0964 e. The molecule has 37 heavy (non-hydrogen) atoms. The third kappa shape index (κ3) is 4.02. The summed E-state index contributed by atoms with van der Waals surface area (Å²) in [5, 5.41) is 3.54. The molecular weight excluding hydrogens is 633 g/mol. The van der Waals surface area contributed by atoms with E-state index in [1.165, 1.54) is 27.6 Å². The van der Waals surface area contributed by atoms with Crippen molar-refractivity contribution in [2.24, 2.45) is 0 Å². The van der Waals surface area contributed by atoms with E-state index in [1.807, 2.05) is 30.3 Å². The van der Waals surface area contributed by atoms with Gasteiger partial charge in [-0.3, -0.25) is 15.0 Å². The third-order valence-corrected chi connectivity index (χ3v) is 6.67. The first-order valence-electron chi connectivity index (χ1n) is 12.0. The van der Waals surface area contributed by atoms with Crippen molar-refractivity contribution >= 4 is 32.7 Å². The SMILES string of the molecule is [Pt].[c-]1ccccc1-c1cc2c3c(cccc3n1)-c1ccccc1-2.c1cnc2c(c1)ccc1cccnc12. The number of nitrogens with zero attached hydrogens (tertiary/aromatic N) is 3. The first-order valence-corrected chi connectivity index (χ1v) is 12.0. The van der Waals surface area contributed by atoms with Gasteiger partial charge in [0.2, 0.25) is 0 Å². The molecule has 0 atom stereocenters. The second-order valence-electron chi connectivity index (χ2n) is 8.79. The molecule has 1 aliphatic carbocycles. The Kier molecular flexibility index (Phi) is 6.08. The number of benzene rings is 4. The van der Waals surface area contributed by atoms with Crippen molar-refractivity contribution in [3.63, 3.8) is 0 Å². The Balaban J connectivity index is 0.000000146. The molecular formula is C33H20N3Pt-. The van der Waals surface area contributed by atoms with Gasteiger partial charge in [-0.05, 0) is 46.1 Å². The number of aromatic nitrogens is 3. The van der Waals surface area contributed by atoms with E-state index in [2.05, 4.69) is 94.9 Å². The summed E-state index contributed by atoms with van der Waals surface area (Å²) in [4.78, 5) is 13.6. The summed E-state index contributed by atoms with van der Waals surface area (Å²) >= 11 is 0. The van der Waals surface area contributed by atoms with Crippen LogP contribution < -0.4 is 0 Å². The summed E-state index contributed by atoms with van der Waals surface area (Å²) in [6.07, 6.45) is 3.60. The van der Waals surface area contributed by atoms with Crippen LogP contribution in [0.4, 0.5) is 0 Å². The summed E-state index contributed by atoms with van der Waals surface area (Å²) in [6, 6.07) is 40.6. The van der Waals surface area contributed by atoms with E-state index in [4.69, 9.17) is 4.98 Å². The molecule has 4 aromatic carbocycles. The van der Waals surface area contributed by atoms with Gasteiger partial charge in [0.15, 0.2) is 0 Å². The van der Waals surface area contributed by atoms with E-state index in [9.17, 15) is 0 Å². The van der Waals surface area contributed by atoms with E-state index in [-0.39, 0.29) is 21.1 Å². The Hall–Kier alpha value is -4.20. The van der Waals surface area contributed by atoms with Crippen LogP contribution in [0.2, 0.25) is 0 Å². The fourth-order valence-electron chi connectivity index (χ4n) is 5.05. The van der Waals surface area contributed by atoms with Crippen LogP contribution in [-0.4, -0.2) is 15.0 Å². The molecule has 0 N–H and O–H groups in total. The van der Waals surface area contributed by atoms with Gasteiger partial charge >= 0.3 is 0 Å². The topological polar surface area (TPSA) is 38.7 Å². The fourth-order valence-corrected chi connectivity index (χ4v) is 5.05. The van der Waals surface area contributed by atoms with Crippen molar-refractivity contribution in [2.45, 2.75) is 0 Å². The van der Waals surface area contributed by atoms with Crippen LogP contribution in [0.25, 0.3) is 66.2 Å². The number of hydrogen-bond donors (Lipinski definition) is 0. The quantitative estimate of drug-likeness (QED) is 0.133. The fraction of sp³-hybridized carbons (Fsp3) is 0. The van der Waals surface area contributed by atoms with E-state index in [0.717, 1.165) is 38.6 Å². The van der Waals surface area contributed by atoms with Crippen LogP contribution in [0.15, 0.2) is 122 Å². The molecule has 0 saturated carbocycles. The summed E-state index contributed by atoms with van der Waals surface area (Å²) < 4.78 is 0. The minimum atomic E-state index is 0. The standard InChI is InChI=1S/C21H12N.C12H8N2.Pt/c1-2-7-14(8-3-1)20-13-18-16-10-5-4-9-15(16)17-11-6-12-19(22-20)21(17)18;1-3-9-5-6-10-4-2-8-14-12(10)11(9)13-7-1;/h1-7,9-13H;1-8H;/q-1;;. The molecule has 0 unspecified atom stereocenters. The van der Waals surface area contributed by atoms with Crippen LogP contribution in [-0.2, 0) is 21.1 Å². The van der Waals surface area contributed by atoms with E-state index >= 15 is 0 Å². The monoisotopic (exact) mass is 653 g/mol. The predicted molar refractivity (Wildman–Crippen MR) is 147 cm³/mol. The van der Waals surface area contributed by atoms with Crippen molar-refractivity contribution in [3.05, 3.63) is 128 Å². The molecule has 178 valence electrons. The van der Waals surface area contributed by atoms with Crippen molar-refractivity contribution in [1.82, 2.24) is 15.0 Å². The van der Waals surface area contributed by atoms with Gasteiger partial charge in [0.05, 0.1) is 16.6 Å². The smallest absolute Gasteiger partial charge is 0.0964 e. The van der Waals surface area contributed by atoms with E-state index in [0.29, 0.717) is 0 Å². The first kappa shape index (κ1) is 23.2. The minimum absolute atomic E-state index is 0. The van der Waals surface area contributed by atoms with E-state index < -0.39 is 0 Å². The molecule has 0 amide bonds. The average Bonchev–Trinajstić information content (AvgIpc) is 3.29. The Morgan fingerprint density at radius 1 is 0.541 bits per heavy atom. The predicted octanol–water partition coefficient (Wildman–Crippen LogP) is 8.13. The Labute approximate surface area is 229 Å². The van der Waals surface area contributed by atoms with Crippen molar-refractivity contribution in [3.8, 4) is 33.5 Å². The molecule has 3 heterocycles. The molecule has 7 aromatic rings. The van der Waals surface area contributed by atoms with Crippen LogP contribution in [0.3, 0.4) is 0 Å². The Morgan fingerprint density at radius 2 is 1.19 bits per heavy atom. The maximum atomic E-state index is 4.86. The van der Waals surface area contributed by atoms with E-state index in [1.54, 1.807) is 12.4 Å². The second kappa shape index (κ2) is 9.69. The normalized spacial score (nSPS) is 11.0. The van der Waals surface area contributed by atoms with Crippen LogP contribution in [0, 0.1) is 6.07 Å². The number of fused-ring (bicyclic) bond motifs is 6. The summed E-state index contributed by atoms with van der Waals surface area (Å²) in [6.45, 7) is 0. The van der Waals surface area contributed by atoms with Crippen LogP contribution >= 0.6 is 0 Å². The van der Waals surface area contributed by atoms with Gasteiger partial charge < -0.3 is 0 Å². The van der Waals surface area contributed by atoms with Crippen LogP contribution in [0.5, 0.6) is 0 Å². The average molecular weight is 654 g/mol. The zero-order chi connectivity index (χ0) is 23.9. The van der Waals surface area contributed by atoms with Crippen molar-refractivity contribution in [2.75, 3.05) is 0 Å². The van der Waals surface area contributed by atoms with Crippen molar-refractivity contribution < 1.29 is 21.1 Å². The molecule has 0 spiro atoms. The first-order chi connectivity index (χ1) is 17.9. The molecule has 0 bridgehead atoms. The Morgan fingerprint density at radius 3 is 1.86 bits per heavy atom. The zero-order valence-corrected chi connectivity index (χ0v) is 22.0. The number of hydrogen-bond acceptors (Lipinski definition) is 3. The molecule has 3 nitrogen and oxygen atoms in total. The molecule has 1 aliphatic rings. The summed E-state index contributed by atoms with van der Waals surface area (Å²) in [5.74, 6) is 0. The molecule has 0 radical (unpaired) electrons. The summed E-state index contributed by atoms with van der Waals surface area (Å²) in [7, 11) is 0. The molecule has 3 aromatic heterocycles.